The lowest BCUT2D eigenvalue weighted by atomic mass is 9.94. The number of nitrogens with zero attached hydrogens (tertiary/aromatic N) is 2. The maximum Gasteiger partial charge on any atom is 0.338 e. The van der Waals surface area contributed by atoms with Gasteiger partial charge in [-0.05, 0) is 51.0 Å². The summed E-state index contributed by atoms with van der Waals surface area (Å²) < 4.78 is 5.48. The highest BCUT2D eigenvalue weighted by molar-refractivity contribution is 6.04. The average molecular weight is 495 g/mol. The van der Waals surface area contributed by atoms with Gasteiger partial charge in [-0.15, -0.1) is 0 Å². The number of allylic oxidation sites excluding steroid dienone is 1. The maximum absolute atomic E-state index is 13.1. The van der Waals surface area contributed by atoms with Crippen molar-refractivity contribution in [3.63, 3.8) is 0 Å². The summed E-state index contributed by atoms with van der Waals surface area (Å²) in [5, 5.41) is 16.7. The zero-order valence-electron chi connectivity index (χ0n) is 20.7. The summed E-state index contributed by atoms with van der Waals surface area (Å²) in [6.45, 7) is 7.72. The van der Waals surface area contributed by atoms with Crippen molar-refractivity contribution in [3.8, 4) is 0 Å². The van der Waals surface area contributed by atoms with Crippen molar-refractivity contribution in [2.24, 2.45) is 0 Å². The molecule has 0 saturated carbocycles. The molecule has 0 spiro atoms. The number of non-ortho nitro benzene ring substituents is 1. The summed E-state index contributed by atoms with van der Waals surface area (Å²) in [4.78, 5) is 50.7. The Kier molecular flexibility index (Phi) is 8.42. The van der Waals surface area contributed by atoms with Crippen LogP contribution in [-0.2, 0) is 9.53 Å². The van der Waals surface area contributed by atoms with Gasteiger partial charge in [0.25, 0.3) is 11.6 Å². The van der Waals surface area contributed by atoms with E-state index in [1.807, 2.05) is 6.92 Å². The highest BCUT2D eigenvalue weighted by Crippen LogP contribution is 2.33. The minimum atomic E-state index is -0.781. The fourth-order valence-corrected chi connectivity index (χ4v) is 3.92. The summed E-state index contributed by atoms with van der Waals surface area (Å²) in [7, 11) is 0. The van der Waals surface area contributed by atoms with E-state index in [4.69, 9.17) is 4.74 Å². The fourth-order valence-electron chi connectivity index (χ4n) is 3.92. The van der Waals surface area contributed by atoms with Gasteiger partial charge in [-0.1, -0.05) is 31.5 Å². The van der Waals surface area contributed by atoms with Crippen LogP contribution >= 0.6 is 0 Å². The molecule has 1 aliphatic rings. The number of unbranched alkanes of at least 4 members (excludes halogenated alkanes) is 1. The van der Waals surface area contributed by atoms with Crippen molar-refractivity contribution in [2.45, 2.75) is 52.7 Å². The minimum absolute atomic E-state index is 0.129. The van der Waals surface area contributed by atoms with Gasteiger partial charge in [0.1, 0.15) is 0 Å². The first kappa shape index (κ1) is 26.4. The Labute approximate surface area is 209 Å². The summed E-state index contributed by atoms with van der Waals surface area (Å²) in [5.74, 6) is -1.06. The molecular weight excluding hydrogens is 464 g/mol. The highest BCUT2D eigenvalue weighted by atomic mass is 16.6. The second kappa shape index (κ2) is 11.5. The number of benzene rings is 2. The van der Waals surface area contributed by atoms with Gasteiger partial charge in [0.2, 0.25) is 0 Å². The van der Waals surface area contributed by atoms with Gasteiger partial charge < -0.3 is 15.4 Å². The molecule has 1 aliphatic heterocycles. The lowest BCUT2D eigenvalue weighted by Gasteiger charge is -2.35. The van der Waals surface area contributed by atoms with E-state index in [2.05, 4.69) is 10.6 Å². The first-order chi connectivity index (χ1) is 17.1. The second-order valence-electron chi connectivity index (χ2n) is 8.73. The SMILES string of the molecule is CCCCN1C(=O)NC(c2cccc(NC(=O)c3cccc([N+](=O)[O-])c3)c2)C(C(=O)OC(C)C)=C1C. The molecule has 2 aromatic carbocycles. The molecule has 1 atom stereocenters. The molecule has 0 aliphatic carbocycles. The molecule has 3 amide bonds. The maximum atomic E-state index is 13.1. The van der Waals surface area contributed by atoms with Crippen LogP contribution < -0.4 is 10.6 Å². The van der Waals surface area contributed by atoms with E-state index in [-0.39, 0.29) is 23.4 Å². The fraction of sp³-hybridized carbons (Fsp3) is 0.346. The molecule has 2 aromatic rings. The first-order valence-electron chi connectivity index (χ1n) is 11.8. The molecule has 0 fully saturated rings. The Morgan fingerprint density at radius 2 is 1.92 bits per heavy atom. The number of anilines is 1. The molecule has 1 unspecified atom stereocenters. The van der Waals surface area contributed by atoms with E-state index in [0.717, 1.165) is 12.8 Å². The number of hydrogen-bond acceptors (Lipinski definition) is 6. The number of hydrogen-bond donors (Lipinski definition) is 2. The number of amides is 3. The van der Waals surface area contributed by atoms with Crippen molar-refractivity contribution < 1.29 is 24.0 Å². The van der Waals surface area contributed by atoms with Crippen molar-refractivity contribution in [1.82, 2.24) is 10.2 Å². The van der Waals surface area contributed by atoms with Crippen molar-refractivity contribution in [3.05, 3.63) is 81.0 Å². The second-order valence-corrected chi connectivity index (χ2v) is 8.73. The zero-order chi connectivity index (χ0) is 26.4. The normalized spacial score (nSPS) is 15.5. The van der Waals surface area contributed by atoms with Gasteiger partial charge in [-0.3, -0.25) is 19.8 Å². The van der Waals surface area contributed by atoms with Crippen LogP contribution in [0.3, 0.4) is 0 Å². The van der Waals surface area contributed by atoms with E-state index < -0.39 is 22.8 Å². The zero-order valence-corrected chi connectivity index (χ0v) is 20.7. The molecule has 36 heavy (non-hydrogen) atoms. The van der Waals surface area contributed by atoms with Crippen molar-refractivity contribution >= 4 is 29.3 Å². The Bertz CT molecular complexity index is 1210. The van der Waals surface area contributed by atoms with Crippen LogP contribution in [0.4, 0.5) is 16.2 Å². The quantitative estimate of drug-likeness (QED) is 0.288. The van der Waals surface area contributed by atoms with E-state index in [1.165, 1.54) is 24.3 Å². The summed E-state index contributed by atoms with van der Waals surface area (Å²) in [6.07, 6.45) is 1.32. The molecular formula is C26H30N4O6. The van der Waals surface area contributed by atoms with Crippen LogP contribution in [0.25, 0.3) is 0 Å². The van der Waals surface area contributed by atoms with Crippen LogP contribution in [0, 0.1) is 10.1 Å². The van der Waals surface area contributed by atoms with Gasteiger partial charge >= 0.3 is 12.0 Å². The number of carbonyl (C=O) groups excluding carboxylic acids is 3. The van der Waals surface area contributed by atoms with Gasteiger partial charge in [-0.2, -0.15) is 0 Å². The Balaban J connectivity index is 1.94. The van der Waals surface area contributed by atoms with Crippen LogP contribution in [0.2, 0.25) is 0 Å². The third kappa shape index (κ3) is 6.07. The minimum Gasteiger partial charge on any atom is -0.459 e. The number of urea groups is 1. The number of nitro groups is 1. The highest BCUT2D eigenvalue weighted by Gasteiger charge is 2.36. The van der Waals surface area contributed by atoms with Crippen molar-refractivity contribution in [1.29, 1.82) is 0 Å². The van der Waals surface area contributed by atoms with Crippen LogP contribution in [0.15, 0.2) is 59.8 Å². The lowest BCUT2D eigenvalue weighted by molar-refractivity contribution is -0.384. The third-order valence-corrected chi connectivity index (χ3v) is 5.69. The van der Waals surface area contributed by atoms with Crippen LogP contribution in [0.1, 0.15) is 62.5 Å². The number of esters is 1. The van der Waals surface area contributed by atoms with E-state index >= 15 is 0 Å². The molecule has 10 nitrogen and oxygen atoms in total. The van der Waals surface area contributed by atoms with Crippen LogP contribution in [-0.4, -0.2) is 40.4 Å². The molecule has 10 heteroatoms. The number of nitro benzene ring substituents is 1. The Morgan fingerprint density at radius 1 is 1.19 bits per heavy atom. The molecule has 0 radical (unpaired) electrons. The van der Waals surface area contributed by atoms with E-state index in [9.17, 15) is 24.5 Å². The predicted octanol–water partition coefficient (Wildman–Crippen LogP) is 4.94. The predicted molar refractivity (Wildman–Crippen MR) is 134 cm³/mol. The smallest absolute Gasteiger partial charge is 0.338 e. The third-order valence-electron chi connectivity index (χ3n) is 5.69. The van der Waals surface area contributed by atoms with Crippen molar-refractivity contribution in [2.75, 3.05) is 11.9 Å². The molecule has 0 saturated heterocycles. The number of nitrogens with one attached hydrogen (secondary N) is 2. The molecule has 2 N–H and O–H groups in total. The standard InChI is InChI=1S/C26H30N4O6/c1-5-6-13-29-17(4)22(25(32)36-16(2)3)23(28-26(29)33)18-9-7-11-20(14-18)27-24(31)19-10-8-12-21(15-19)30(34)35/h7-12,14-16,23H,5-6,13H2,1-4H3,(H,27,31)(H,28,33). The monoisotopic (exact) mass is 494 g/mol. The number of carbonyl (C=O) groups is 3. The van der Waals surface area contributed by atoms with Gasteiger partial charge in [0.05, 0.1) is 22.6 Å². The molecule has 0 bridgehead atoms. The van der Waals surface area contributed by atoms with E-state index in [0.29, 0.717) is 29.1 Å². The molecule has 1 heterocycles. The van der Waals surface area contributed by atoms with Gasteiger partial charge in [0, 0.05) is 35.6 Å². The summed E-state index contributed by atoms with van der Waals surface area (Å²) in [6, 6.07) is 11.0. The molecule has 190 valence electrons. The summed E-state index contributed by atoms with van der Waals surface area (Å²) >= 11 is 0. The first-order valence-corrected chi connectivity index (χ1v) is 11.8. The lowest BCUT2D eigenvalue weighted by Crippen LogP contribution is -2.48. The van der Waals surface area contributed by atoms with E-state index in [1.54, 1.807) is 49.9 Å². The topological polar surface area (TPSA) is 131 Å². The number of rotatable bonds is 9. The molecule has 0 aromatic heterocycles. The largest absolute Gasteiger partial charge is 0.459 e. The van der Waals surface area contributed by atoms with Gasteiger partial charge in [0.15, 0.2) is 0 Å². The molecule has 3 rings (SSSR count). The number of ether oxygens (including phenoxy) is 1. The Morgan fingerprint density at radius 3 is 2.58 bits per heavy atom. The summed E-state index contributed by atoms with van der Waals surface area (Å²) in [5.41, 5.74) is 1.76. The average Bonchev–Trinajstić information content (AvgIpc) is 2.83. The Hall–Kier alpha value is -4.21. The van der Waals surface area contributed by atoms with Gasteiger partial charge in [-0.25, -0.2) is 9.59 Å². The van der Waals surface area contributed by atoms with Crippen LogP contribution in [0.5, 0.6) is 0 Å².